The van der Waals surface area contributed by atoms with Gasteiger partial charge in [-0.3, -0.25) is 14.8 Å². The van der Waals surface area contributed by atoms with Gasteiger partial charge in [-0.2, -0.15) is 0 Å². The number of carbonyl (C=O) groups excluding carboxylic acids is 1. The second-order valence-electron chi connectivity index (χ2n) is 6.74. The summed E-state index contributed by atoms with van der Waals surface area (Å²) in [6.45, 7) is 2.27. The third-order valence-electron chi connectivity index (χ3n) is 4.75. The Hall–Kier alpha value is -1.92. The van der Waals surface area contributed by atoms with Gasteiger partial charge in [0.15, 0.2) is 0 Å². The molecule has 1 unspecified atom stereocenters. The summed E-state index contributed by atoms with van der Waals surface area (Å²) < 4.78 is 6.23. The Balaban J connectivity index is 1.24. The van der Waals surface area contributed by atoms with Crippen LogP contribution in [-0.2, 0) is 22.6 Å². The van der Waals surface area contributed by atoms with Gasteiger partial charge >= 0.3 is 0 Å². The van der Waals surface area contributed by atoms with Crippen LogP contribution in [0.2, 0.25) is 0 Å². The molecular formula is C19H21N3O2S. The number of carbonyl (C=O) groups is 1. The van der Waals surface area contributed by atoms with Gasteiger partial charge in [0.1, 0.15) is 0 Å². The maximum atomic E-state index is 12.4. The number of hydrogen-bond acceptors (Lipinski definition) is 5. The second-order valence-corrected chi connectivity index (χ2v) is 8.23. The van der Waals surface area contributed by atoms with Gasteiger partial charge in [0.2, 0.25) is 5.91 Å². The third-order valence-corrected chi connectivity index (χ3v) is 6.33. The minimum atomic E-state index is 0.171. The van der Waals surface area contributed by atoms with Crippen LogP contribution in [0.4, 0.5) is 0 Å². The molecule has 4 rings (SSSR count). The fourth-order valence-corrected chi connectivity index (χ4v) is 4.97. The van der Waals surface area contributed by atoms with Gasteiger partial charge in [0, 0.05) is 43.1 Å². The smallest absolute Gasteiger partial charge is 0.228 e. The highest BCUT2D eigenvalue weighted by molar-refractivity contribution is 8.01. The van der Waals surface area contributed by atoms with Crippen molar-refractivity contribution in [1.29, 1.82) is 0 Å². The van der Waals surface area contributed by atoms with E-state index in [4.69, 9.17) is 4.74 Å². The van der Waals surface area contributed by atoms with Gasteiger partial charge in [-0.05, 0) is 30.2 Å². The number of rotatable bonds is 5. The number of amides is 1. The van der Waals surface area contributed by atoms with Crippen molar-refractivity contribution in [2.75, 3.05) is 18.8 Å². The van der Waals surface area contributed by atoms with Crippen molar-refractivity contribution in [3.8, 4) is 0 Å². The summed E-state index contributed by atoms with van der Waals surface area (Å²) in [5, 5.41) is 0. The normalized spacial score (nSPS) is 21.3. The average Bonchev–Trinajstić information content (AvgIpc) is 3.05. The highest BCUT2D eigenvalue weighted by Crippen LogP contribution is 2.46. The van der Waals surface area contributed by atoms with Crippen LogP contribution in [0.1, 0.15) is 17.7 Å². The quantitative estimate of drug-likeness (QED) is 0.824. The third kappa shape index (κ3) is 3.85. The van der Waals surface area contributed by atoms with E-state index in [2.05, 4.69) is 9.97 Å². The molecular weight excluding hydrogens is 334 g/mol. The lowest BCUT2D eigenvalue weighted by Gasteiger charge is -2.47. The van der Waals surface area contributed by atoms with E-state index in [9.17, 15) is 4.79 Å². The van der Waals surface area contributed by atoms with Crippen LogP contribution in [0.15, 0.2) is 48.9 Å². The number of hydrogen-bond donors (Lipinski definition) is 0. The van der Waals surface area contributed by atoms with Crippen molar-refractivity contribution in [1.82, 2.24) is 14.9 Å². The Morgan fingerprint density at radius 1 is 1.28 bits per heavy atom. The Labute approximate surface area is 151 Å². The van der Waals surface area contributed by atoms with E-state index in [1.165, 1.54) is 0 Å². The van der Waals surface area contributed by atoms with Gasteiger partial charge in [0.25, 0.3) is 0 Å². The molecule has 2 aromatic heterocycles. The van der Waals surface area contributed by atoms with Gasteiger partial charge in [-0.25, -0.2) is 0 Å². The second kappa shape index (κ2) is 7.14. The first-order chi connectivity index (χ1) is 12.2. The van der Waals surface area contributed by atoms with E-state index in [1.54, 1.807) is 12.4 Å². The molecule has 2 aliphatic heterocycles. The Bertz CT molecular complexity index is 720. The van der Waals surface area contributed by atoms with E-state index in [0.717, 1.165) is 36.5 Å². The molecule has 0 N–H and O–H groups in total. The fourth-order valence-electron chi connectivity index (χ4n) is 3.42. The summed E-state index contributed by atoms with van der Waals surface area (Å²) in [5.74, 6) is 1.17. The lowest BCUT2D eigenvalue weighted by atomic mass is 9.92. The first-order valence-electron chi connectivity index (χ1n) is 8.55. The summed E-state index contributed by atoms with van der Waals surface area (Å²) in [6.07, 6.45) is 7.03. The summed E-state index contributed by atoms with van der Waals surface area (Å²) in [6, 6.07) is 9.66. The molecule has 0 aromatic carbocycles. The van der Waals surface area contributed by atoms with Crippen molar-refractivity contribution < 1.29 is 9.53 Å². The minimum Gasteiger partial charge on any atom is -0.373 e. The van der Waals surface area contributed by atoms with Crippen LogP contribution < -0.4 is 0 Å². The maximum Gasteiger partial charge on any atom is 0.228 e. The monoisotopic (exact) mass is 355 g/mol. The van der Waals surface area contributed by atoms with Crippen LogP contribution in [0.25, 0.3) is 0 Å². The van der Waals surface area contributed by atoms with E-state index in [-0.39, 0.29) is 16.8 Å². The molecule has 1 spiro atoms. The lowest BCUT2D eigenvalue weighted by Crippen LogP contribution is -2.61. The zero-order chi connectivity index (χ0) is 17.1. The molecule has 4 heterocycles. The number of aromatic nitrogens is 2. The first-order valence-corrected chi connectivity index (χ1v) is 9.53. The van der Waals surface area contributed by atoms with Crippen LogP contribution in [0, 0.1) is 0 Å². The standard InChI is InChI=1S/C19H21N3O2S/c23-18(8-16-5-1-2-7-21-16)22-13-19(14-22)9-17(12-25-19)24-11-15-4-3-6-20-10-15/h1-7,10,17H,8-9,11-14H2. The predicted octanol–water partition coefficient (Wildman–Crippen LogP) is 2.32. The molecule has 0 radical (unpaired) electrons. The number of ether oxygens (including phenoxy) is 1. The fraction of sp³-hybridized carbons (Fsp3) is 0.421. The Morgan fingerprint density at radius 2 is 2.20 bits per heavy atom. The maximum absolute atomic E-state index is 12.4. The van der Waals surface area contributed by atoms with E-state index < -0.39 is 0 Å². The topological polar surface area (TPSA) is 55.3 Å². The van der Waals surface area contributed by atoms with Crippen molar-refractivity contribution in [2.45, 2.75) is 30.3 Å². The number of thioether (sulfide) groups is 1. The lowest BCUT2D eigenvalue weighted by molar-refractivity contribution is -0.136. The average molecular weight is 355 g/mol. The Kier molecular flexibility index (Phi) is 4.72. The van der Waals surface area contributed by atoms with E-state index in [1.807, 2.05) is 53.2 Å². The van der Waals surface area contributed by atoms with Crippen molar-refractivity contribution in [3.05, 3.63) is 60.2 Å². The number of nitrogens with zero attached hydrogens (tertiary/aromatic N) is 3. The molecule has 0 bridgehead atoms. The molecule has 25 heavy (non-hydrogen) atoms. The largest absolute Gasteiger partial charge is 0.373 e. The molecule has 130 valence electrons. The van der Waals surface area contributed by atoms with Crippen LogP contribution >= 0.6 is 11.8 Å². The van der Waals surface area contributed by atoms with Gasteiger partial charge < -0.3 is 9.64 Å². The van der Waals surface area contributed by atoms with Crippen LogP contribution in [0.3, 0.4) is 0 Å². The summed E-state index contributed by atoms with van der Waals surface area (Å²) in [4.78, 5) is 22.7. The molecule has 1 amide bonds. The highest BCUT2D eigenvalue weighted by atomic mass is 32.2. The molecule has 5 nitrogen and oxygen atoms in total. The first kappa shape index (κ1) is 16.5. The molecule has 2 aliphatic rings. The molecule has 2 saturated heterocycles. The number of pyridine rings is 2. The van der Waals surface area contributed by atoms with Crippen LogP contribution in [0.5, 0.6) is 0 Å². The van der Waals surface area contributed by atoms with Crippen LogP contribution in [-0.4, -0.2) is 50.5 Å². The van der Waals surface area contributed by atoms with E-state index in [0.29, 0.717) is 13.0 Å². The van der Waals surface area contributed by atoms with Gasteiger partial charge in [-0.15, -0.1) is 11.8 Å². The molecule has 2 fully saturated rings. The van der Waals surface area contributed by atoms with E-state index >= 15 is 0 Å². The van der Waals surface area contributed by atoms with Crippen molar-refractivity contribution in [2.24, 2.45) is 0 Å². The van der Waals surface area contributed by atoms with Crippen molar-refractivity contribution >= 4 is 17.7 Å². The highest BCUT2D eigenvalue weighted by Gasteiger charge is 2.50. The van der Waals surface area contributed by atoms with Gasteiger partial charge in [-0.1, -0.05) is 12.1 Å². The van der Waals surface area contributed by atoms with Crippen molar-refractivity contribution in [3.63, 3.8) is 0 Å². The molecule has 0 aliphatic carbocycles. The predicted molar refractivity (Wildman–Crippen MR) is 97.1 cm³/mol. The molecule has 1 atom stereocenters. The summed E-state index contributed by atoms with van der Waals surface area (Å²) >= 11 is 1.95. The zero-order valence-electron chi connectivity index (χ0n) is 14.0. The molecule has 6 heteroatoms. The molecule has 0 saturated carbocycles. The van der Waals surface area contributed by atoms with Gasteiger partial charge in [0.05, 0.1) is 23.9 Å². The Morgan fingerprint density at radius 3 is 2.96 bits per heavy atom. The minimum absolute atomic E-state index is 0.171. The molecule has 2 aromatic rings. The number of likely N-dealkylation sites (tertiary alicyclic amines) is 1. The zero-order valence-corrected chi connectivity index (χ0v) is 14.8. The SMILES string of the molecule is O=C(Cc1ccccn1)N1CC2(CC(OCc3cccnc3)CS2)C1. The summed E-state index contributed by atoms with van der Waals surface area (Å²) in [7, 11) is 0. The summed E-state index contributed by atoms with van der Waals surface area (Å²) in [5.41, 5.74) is 1.94.